The molecule has 2 heteroatoms. The van der Waals surface area contributed by atoms with Crippen LogP contribution in [0.25, 0.3) is 0 Å². The Morgan fingerprint density at radius 2 is 1.75 bits per heavy atom. The molecule has 12 heavy (non-hydrogen) atoms. The van der Waals surface area contributed by atoms with Crippen molar-refractivity contribution in [1.29, 1.82) is 0 Å². The van der Waals surface area contributed by atoms with Gasteiger partial charge in [0.25, 0.3) is 0 Å². The van der Waals surface area contributed by atoms with E-state index in [4.69, 9.17) is 0 Å². The molecule has 0 unspecified atom stereocenters. The summed E-state index contributed by atoms with van der Waals surface area (Å²) in [5.74, 6) is 0.209. The van der Waals surface area contributed by atoms with Gasteiger partial charge in [-0.3, -0.25) is 9.18 Å². The third kappa shape index (κ3) is 3.28. The molecule has 66 valence electrons. The fourth-order valence-corrected chi connectivity index (χ4v) is 0.828. The van der Waals surface area contributed by atoms with Crippen molar-refractivity contribution < 1.29 is 9.18 Å². The molecule has 0 aromatic heterocycles. The van der Waals surface area contributed by atoms with E-state index in [1.807, 2.05) is 37.3 Å². The Bertz CT molecular complexity index is 219. The lowest BCUT2D eigenvalue weighted by Crippen LogP contribution is -1.94. The zero-order chi connectivity index (χ0) is 9.40. The first-order valence-electron chi connectivity index (χ1n) is 3.80. The second kappa shape index (κ2) is 6.53. The highest BCUT2D eigenvalue weighted by Gasteiger charge is 1.98. The summed E-state index contributed by atoms with van der Waals surface area (Å²) in [4.78, 5) is 11.0. The monoisotopic (exact) mass is 168 g/mol. The van der Waals surface area contributed by atoms with E-state index in [-0.39, 0.29) is 5.78 Å². The first-order chi connectivity index (χ1) is 5.84. The molecule has 0 radical (unpaired) electrons. The summed E-state index contributed by atoms with van der Waals surface area (Å²) in [5.41, 5.74) is 0.810. The van der Waals surface area contributed by atoms with Gasteiger partial charge in [0.05, 0.1) is 7.18 Å². The lowest BCUT2D eigenvalue weighted by Gasteiger charge is -1.93. The summed E-state index contributed by atoms with van der Waals surface area (Å²) in [6.45, 7) is 1.87. The minimum atomic E-state index is 0.209. The molecule has 0 saturated carbocycles. The molecule has 1 aromatic rings. The van der Waals surface area contributed by atoms with Crippen LogP contribution in [0.15, 0.2) is 30.3 Å². The number of ketones is 1. The zero-order valence-electron chi connectivity index (χ0n) is 7.38. The molecule has 0 amide bonds. The average molecular weight is 168 g/mol. The highest BCUT2D eigenvalue weighted by atomic mass is 19.1. The van der Waals surface area contributed by atoms with Gasteiger partial charge in [-0.05, 0) is 0 Å². The third-order valence-corrected chi connectivity index (χ3v) is 1.42. The second-order valence-electron chi connectivity index (χ2n) is 2.14. The Hall–Kier alpha value is -1.18. The van der Waals surface area contributed by atoms with Crippen molar-refractivity contribution >= 4 is 5.78 Å². The summed E-state index contributed by atoms with van der Waals surface area (Å²) < 4.78 is 9.50. The first-order valence-corrected chi connectivity index (χ1v) is 3.80. The standard InChI is InChI=1S/C9H10O.CH3F/c1-2-9(10)8-6-4-3-5-7-8;1-2/h3-7H,2H2,1H3;1H3. The number of carbonyl (C=O) groups is 1. The van der Waals surface area contributed by atoms with Gasteiger partial charge >= 0.3 is 0 Å². The maximum absolute atomic E-state index is 11.0. The lowest BCUT2D eigenvalue weighted by molar-refractivity contribution is 0.0988. The molecule has 1 nitrogen and oxygen atoms in total. The van der Waals surface area contributed by atoms with Crippen molar-refractivity contribution in [2.45, 2.75) is 13.3 Å². The van der Waals surface area contributed by atoms with Gasteiger partial charge < -0.3 is 0 Å². The Labute approximate surface area is 72.2 Å². The number of carbonyl (C=O) groups excluding carboxylic acids is 1. The number of benzene rings is 1. The third-order valence-electron chi connectivity index (χ3n) is 1.42. The molecule has 0 fully saturated rings. The lowest BCUT2D eigenvalue weighted by atomic mass is 10.1. The van der Waals surface area contributed by atoms with Crippen LogP contribution in [0.1, 0.15) is 23.7 Å². The van der Waals surface area contributed by atoms with Crippen molar-refractivity contribution in [3.05, 3.63) is 35.9 Å². The highest BCUT2D eigenvalue weighted by molar-refractivity contribution is 5.95. The number of halogens is 1. The van der Waals surface area contributed by atoms with Crippen molar-refractivity contribution in [3.63, 3.8) is 0 Å². The Morgan fingerprint density at radius 1 is 1.25 bits per heavy atom. The molecular formula is C10H13FO. The van der Waals surface area contributed by atoms with Crippen LogP contribution in [0, 0.1) is 0 Å². The van der Waals surface area contributed by atoms with Gasteiger partial charge in [0.2, 0.25) is 0 Å². The predicted octanol–water partition coefficient (Wildman–Crippen LogP) is 2.87. The molecular weight excluding hydrogens is 155 g/mol. The van der Waals surface area contributed by atoms with Crippen LogP contribution >= 0.6 is 0 Å². The molecule has 0 spiro atoms. The summed E-state index contributed by atoms with van der Waals surface area (Å²) in [5, 5.41) is 0. The van der Waals surface area contributed by atoms with Gasteiger partial charge in [0.15, 0.2) is 5.78 Å². The van der Waals surface area contributed by atoms with Crippen molar-refractivity contribution in [1.82, 2.24) is 0 Å². The number of Topliss-reactive ketones (excluding diaryl/α,β-unsaturated/α-hetero) is 1. The fourth-order valence-electron chi connectivity index (χ4n) is 0.828. The quantitative estimate of drug-likeness (QED) is 0.620. The summed E-state index contributed by atoms with van der Waals surface area (Å²) in [6.07, 6.45) is 0.587. The van der Waals surface area contributed by atoms with Crippen molar-refractivity contribution in [3.8, 4) is 0 Å². The van der Waals surface area contributed by atoms with E-state index in [1.54, 1.807) is 0 Å². The van der Waals surface area contributed by atoms with Gasteiger partial charge in [0, 0.05) is 12.0 Å². The summed E-state index contributed by atoms with van der Waals surface area (Å²) in [6, 6.07) is 9.34. The van der Waals surface area contributed by atoms with E-state index in [9.17, 15) is 9.18 Å². The van der Waals surface area contributed by atoms with Crippen molar-refractivity contribution in [2.24, 2.45) is 0 Å². The molecule has 0 atom stereocenters. The maximum Gasteiger partial charge on any atom is 0.162 e. The van der Waals surface area contributed by atoms with E-state index >= 15 is 0 Å². The number of hydrogen-bond donors (Lipinski definition) is 0. The van der Waals surface area contributed by atoms with Crippen LogP contribution in [0.4, 0.5) is 4.39 Å². The Morgan fingerprint density at radius 3 is 2.17 bits per heavy atom. The minimum Gasteiger partial charge on any atom is -0.294 e. The molecule has 1 rings (SSSR count). The van der Waals surface area contributed by atoms with Crippen molar-refractivity contribution in [2.75, 3.05) is 7.18 Å². The van der Waals surface area contributed by atoms with E-state index in [2.05, 4.69) is 0 Å². The van der Waals surface area contributed by atoms with Gasteiger partial charge in [-0.25, -0.2) is 0 Å². The minimum absolute atomic E-state index is 0.209. The van der Waals surface area contributed by atoms with E-state index in [0.29, 0.717) is 13.6 Å². The van der Waals surface area contributed by atoms with E-state index < -0.39 is 0 Å². The first kappa shape index (κ1) is 10.8. The van der Waals surface area contributed by atoms with E-state index in [0.717, 1.165) is 5.56 Å². The second-order valence-corrected chi connectivity index (χ2v) is 2.14. The van der Waals surface area contributed by atoms with E-state index in [1.165, 1.54) is 0 Å². The molecule has 0 bridgehead atoms. The zero-order valence-corrected chi connectivity index (χ0v) is 7.38. The largest absolute Gasteiger partial charge is 0.294 e. The Balaban J connectivity index is 0.000000561. The van der Waals surface area contributed by atoms with Crippen LogP contribution in [0.3, 0.4) is 0 Å². The number of rotatable bonds is 2. The number of alkyl halides is 1. The molecule has 1 aromatic carbocycles. The van der Waals surface area contributed by atoms with Gasteiger partial charge in [-0.2, -0.15) is 0 Å². The number of hydrogen-bond acceptors (Lipinski definition) is 1. The SMILES string of the molecule is CCC(=O)c1ccccc1.CF. The van der Waals surface area contributed by atoms with Gasteiger partial charge in [-0.1, -0.05) is 37.3 Å². The Kier molecular flexibility index (Phi) is 5.88. The maximum atomic E-state index is 11.0. The van der Waals surface area contributed by atoms with Crippen LogP contribution in [-0.2, 0) is 0 Å². The molecule has 0 aliphatic heterocycles. The average Bonchev–Trinajstić information content (AvgIpc) is 2.21. The van der Waals surface area contributed by atoms with Gasteiger partial charge in [0.1, 0.15) is 0 Å². The molecule has 0 N–H and O–H groups in total. The molecule has 0 aliphatic carbocycles. The van der Waals surface area contributed by atoms with Crippen LogP contribution in [0.2, 0.25) is 0 Å². The smallest absolute Gasteiger partial charge is 0.162 e. The molecule has 0 heterocycles. The summed E-state index contributed by atoms with van der Waals surface area (Å²) in [7, 11) is 0.500. The topological polar surface area (TPSA) is 17.1 Å². The molecule has 0 saturated heterocycles. The van der Waals surface area contributed by atoms with Crippen LogP contribution in [0.5, 0.6) is 0 Å². The van der Waals surface area contributed by atoms with Crippen LogP contribution in [-0.4, -0.2) is 13.0 Å². The highest BCUT2D eigenvalue weighted by Crippen LogP contribution is 2.01. The molecule has 0 aliphatic rings. The van der Waals surface area contributed by atoms with Crippen LogP contribution < -0.4 is 0 Å². The normalized spacial score (nSPS) is 8.25. The predicted molar refractivity (Wildman–Crippen MR) is 48.1 cm³/mol. The summed E-state index contributed by atoms with van der Waals surface area (Å²) >= 11 is 0. The fraction of sp³-hybridized carbons (Fsp3) is 0.300. The van der Waals surface area contributed by atoms with Gasteiger partial charge in [-0.15, -0.1) is 0 Å².